The van der Waals surface area contributed by atoms with E-state index in [0.29, 0.717) is 5.92 Å². The lowest BCUT2D eigenvalue weighted by molar-refractivity contribution is 0.0793. The molecule has 2 aliphatic rings. The monoisotopic (exact) mass is 471 g/mol. The van der Waals surface area contributed by atoms with E-state index in [-0.39, 0.29) is 28.7 Å². The van der Waals surface area contributed by atoms with Crippen molar-refractivity contribution in [3.05, 3.63) is 0 Å². The summed E-state index contributed by atoms with van der Waals surface area (Å²) in [6, 6.07) is 0. The molecule has 0 spiro atoms. The van der Waals surface area contributed by atoms with Crippen molar-refractivity contribution in [1.82, 2.24) is 10.2 Å². The fourth-order valence-electron chi connectivity index (χ4n) is 3.29. The largest absolute Gasteiger partial charge is 0.381 e. The second-order valence-corrected chi connectivity index (χ2v) is 8.24. The third-order valence-electron chi connectivity index (χ3n) is 4.62. The number of thioether (sulfide) groups is 1. The van der Waals surface area contributed by atoms with Crippen LogP contribution >= 0.6 is 35.7 Å². The molecule has 142 valence electrons. The summed E-state index contributed by atoms with van der Waals surface area (Å²) in [6.07, 6.45) is 3.37. The smallest absolute Gasteiger partial charge is 0.193 e. The average Bonchev–Trinajstić information content (AvgIpc) is 3.05. The average molecular weight is 471 g/mol. The van der Waals surface area contributed by atoms with Crippen LogP contribution in [0.4, 0.5) is 0 Å². The fraction of sp³-hybridized carbons (Fsp3) is 0.941. The van der Waals surface area contributed by atoms with Gasteiger partial charge in [0.05, 0.1) is 13.2 Å². The third-order valence-corrected chi connectivity index (χ3v) is 6.06. The van der Waals surface area contributed by atoms with Gasteiger partial charge in [-0.15, -0.1) is 24.0 Å². The van der Waals surface area contributed by atoms with E-state index >= 15 is 0 Å². The standard InChI is InChI=1S/C17H33N3O2S.HI/c1-4-18-16(20(3)12-15-6-9-22-13-15)19-14-17(23-5-2)7-10-21-11-8-17;/h15H,4-14H2,1-3H3,(H,18,19);1H. The van der Waals surface area contributed by atoms with Crippen molar-refractivity contribution in [3.63, 3.8) is 0 Å². The second kappa shape index (κ2) is 11.8. The summed E-state index contributed by atoms with van der Waals surface area (Å²) < 4.78 is 11.3. The van der Waals surface area contributed by atoms with Gasteiger partial charge in [0.15, 0.2) is 5.96 Å². The molecule has 24 heavy (non-hydrogen) atoms. The van der Waals surface area contributed by atoms with Gasteiger partial charge < -0.3 is 19.7 Å². The Morgan fingerprint density at radius 2 is 2.00 bits per heavy atom. The molecule has 0 bridgehead atoms. The van der Waals surface area contributed by atoms with Crippen LogP contribution in [-0.4, -0.2) is 74.5 Å². The number of halogens is 1. The van der Waals surface area contributed by atoms with Gasteiger partial charge in [0.2, 0.25) is 0 Å². The molecule has 5 nitrogen and oxygen atoms in total. The molecule has 0 aliphatic carbocycles. The Kier molecular flexibility index (Phi) is 11.0. The Bertz CT molecular complexity index is 367. The van der Waals surface area contributed by atoms with Crippen LogP contribution in [0, 0.1) is 5.92 Å². The van der Waals surface area contributed by atoms with Gasteiger partial charge in [0.1, 0.15) is 0 Å². The predicted molar refractivity (Wildman–Crippen MR) is 114 cm³/mol. The zero-order valence-corrected chi connectivity index (χ0v) is 18.5. The summed E-state index contributed by atoms with van der Waals surface area (Å²) in [4.78, 5) is 7.25. The SMILES string of the molecule is CCNC(=NCC1(SCC)CCOCC1)N(C)CC1CCOC1.I. The zero-order chi connectivity index (χ0) is 16.5. The number of hydrogen-bond donors (Lipinski definition) is 1. The molecule has 0 aromatic carbocycles. The molecule has 2 saturated heterocycles. The molecule has 2 rings (SSSR count). The first kappa shape index (κ1) is 22.3. The first-order valence-corrected chi connectivity index (χ1v) is 9.96. The van der Waals surface area contributed by atoms with E-state index in [4.69, 9.17) is 14.5 Å². The van der Waals surface area contributed by atoms with E-state index in [9.17, 15) is 0 Å². The van der Waals surface area contributed by atoms with E-state index in [0.717, 1.165) is 77.0 Å². The second-order valence-electron chi connectivity index (χ2n) is 6.51. The van der Waals surface area contributed by atoms with Crippen LogP contribution in [0.2, 0.25) is 0 Å². The summed E-state index contributed by atoms with van der Waals surface area (Å²) in [5, 5.41) is 3.45. The highest BCUT2D eigenvalue weighted by Gasteiger charge is 2.32. The Hall–Kier alpha value is 0.270. The number of guanidine groups is 1. The number of nitrogens with zero attached hydrogens (tertiary/aromatic N) is 2. The molecule has 1 unspecified atom stereocenters. The number of aliphatic imine (C=N–C) groups is 1. The van der Waals surface area contributed by atoms with Crippen LogP contribution in [0.3, 0.4) is 0 Å². The van der Waals surface area contributed by atoms with Crippen LogP contribution in [0.25, 0.3) is 0 Å². The number of rotatable bonds is 7. The minimum Gasteiger partial charge on any atom is -0.381 e. The molecule has 0 saturated carbocycles. The van der Waals surface area contributed by atoms with E-state index in [1.54, 1.807) is 0 Å². The topological polar surface area (TPSA) is 46.1 Å². The maximum Gasteiger partial charge on any atom is 0.193 e. The van der Waals surface area contributed by atoms with E-state index in [2.05, 4.69) is 42.9 Å². The van der Waals surface area contributed by atoms with E-state index in [1.165, 1.54) is 0 Å². The Labute approximate surface area is 168 Å². The normalized spacial score (nSPS) is 23.6. The fourth-order valence-corrected chi connectivity index (χ4v) is 4.51. The summed E-state index contributed by atoms with van der Waals surface area (Å²) in [6.45, 7) is 10.7. The van der Waals surface area contributed by atoms with Gasteiger partial charge in [-0.05, 0) is 31.9 Å². The van der Waals surface area contributed by atoms with Gasteiger partial charge in [-0.2, -0.15) is 11.8 Å². The van der Waals surface area contributed by atoms with Crippen LogP contribution in [-0.2, 0) is 9.47 Å². The van der Waals surface area contributed by atoms with Crippen molar-refractivity contribution in [2.45, 2.75) is 37.9 Å². The highest BCUT2D eigenvalue weighted by molar-refractivity contribution is 14.0. The number of ether oxygens (including phenoxy) is 2. The third kappa shape index (κ3) is 6.88. The molecule has 1 atom stereocenters. The highest BCUT2D eigenvalue weighted by atomic mass is 127. The lowest BCUT2D eigenvalue weighted by atomic mass is 9.99. The van der Waals surface area contributed by atoms with Crippen molar-refractivity contribution in [2.24, 2.45) is 10.9 Å². The molecular formula is C17H34IN3O2S. The van der Waals surface area contributed by atoms with Gasteiger partial charge in [0, 0.05) is 50.6 Å². The lowest BCUT2D eigenvalue weighted by Crippen LogP contribution is -2.43. The van der Waals surface area contributed by atoms with Crippen molar-refractivity contribution in [3.8, 4) is 0 Å². The van der Waals surface area contributed by atoms with Crippen molar-refractivity contribution in [1.29, 1.82) is 0 Å². The summed E-state index contributed by atoms with van der Waals surface area (Å²) >= 11 is 2.05. The zero-order valence-electron chi connectivity index (χ0n) is 15.4. The van der Waals surface area contributed by atoms with Gasteiger partial charge in [0.25, 0.3) is 0 Å². The van der Waals surface area contributed by atoms with Gasteiger partial charge >= 0.3 is 0 Å². The quantitative estimate of drug-likeness (QED) is 0.352. The predicted octanol–water partition coefficient (Wildman–Crippen LogP) is 2.84. The molecule has 2 fully saturated rings. The first-order chi connectivity index (χ1) is 11.2. The minimum absolute atomic E-state index is 0. The maximum absolute atomic E-state index is 5.56. The number of nitrogens with one attached hydrogen (secondary N) is 1. The van der Waals surface area contributed by atoms with Crippen LogP contribution in [0.5, 0.6) is 0 Å². The van der Waals surface area contributed by atoms with Crippen LogP contribution < -0.4 is 5.32 Å². The molecule has 0 aromatic heterocycles. The Morgan fingerprint density at radius 3 is 2.58 bits per heavy atom. The molecular weight excluding hydrogens is 437 g/mol. The van der Waals surface area contributed by atoms with Crippen molar-refractivity contribution >= 4 is 41.7 Å². The summed E-state index contributed by atoms with van der Waals surface area (Å²) in [7, 11) is 2.14. The van der Waals surface area contributed by atoms with Crippen molar-refractivity contribution < 1.29 is 9.47 Å². The first-order valence-electron chi connectivity index (χ1n) is 8.98. The molecule has 2 aliphatic heterocycles. The van der Waals surface area contributed by atoms with Gasteiger partial charge in [-0.1, -0.05) is 6.92 Å². The van der Waals surface area contributed by atoms with Crippen molar-refractivity contribution in [2.75, 3.05) is 58.9 Å². The van der Waals surface area contributed by atoms with E-state index < -0.39 is 0 Å². The summed E-state index contributed by atoms with van der Waals surface area (Å²) in [5.74, 6) is 2.80. The summed E-state index contributed by atoms with van der Waals surface area (Å²) in [5.41, 5.74) is 0. The van der Waals surface area contributed by atoms with E-state index in [1.807, 2.05) is 0 Å². The molecule has 0 aromatic rings. The van der Waals surface area contributed by atoms with Crippen LogP contribution in [0.1, 0.15) is 33.1 Å². The van der Waals surface area contributed by atoms with Gasteiger partial charge in [-0.3, -0.25) is 4.99 Å². The molecule has 2 heterocycles. The Morgan fingerprint density at radius 1 is 1.25 bits per heavy atom. The number of hydrogen-bond acceptors (Lipinski definition) is 4. The lowest BCUT2D eigenvalue weighted by Gasteiger charge is -2.35. The highest BCUT2D eigenvalue weighted by Crippen LogP contribution is 2.35. The molecule has 1 N–H and O–H groups in total. The molecule has 0 amide bonds. The molecule has 7 heteroatoms. The van der Waals surface area contributed by atoms with Crippen LogP contribution in [0.15, 0.2) is 4.99 Å². The van der Waals surface area contributed by atoms with Gasteiger partial charge in [-0.25, -0.2) is 0 Å². The maximum atomic E-state index is 5.56. The molecule has 0 radical (unpaired) electrons. The Balaban J connectivity index is 0.00000288. The minimum atomic E-state index is 0.